The molecule has 2 heterocycles. The summed E-state index contributed by atoms with van der Waals surface area (Å²) in [7, 11) is 1.90. The number of para-hydroxylation sites is 1. The minimum absolute atomic E-state index is 0.623. The maximum atomic E-state index is 4.73. The fourth-order valence-electron chi connectivity index (χ4n) is 2.92. The molecule has 110 valence electrons. The molecule has 2 aromatic rings. The minimum atomic E-state index is 0.623. The number of nitrogens with zero attached hydrogens (tertiary/aromatic N) is 3. The smallest absolute Gasteiger partial charge is 0.138 e. The van der Waals surface area contributed by atoms with E-state index in [1.165, 1.54) is 11.3 Å². The highest BCUT2D eigenvalue weighted by Crippen LogP contribution is 2.34. The van der Waals surface area contributed by atoms with E-state index in [-0.39, 0.29) is 0 Å². The van der Waals surface area contributed by atoms with Gasteiger partial charge < -0.3 is 10.2 Å². The van der Waals surface area contributed by atoms with E-state index in [2.05, 4.69) is 53.3 Å². The van der Waals surface area contributed by atoms with E-state index in [0.717, 1.165) is 36.8 Å². The molecule has 1 aromatic carbocycles. The summed E-state index contributed by atoms with van der Waals surface area (Å²) in [6.45, 7) is 5.38. The summed E-state index contributed by atoms with van der Waals surface area (Å²) >= 11 is 0. The van der Waals surface area contributed by atoms with Crippen LogP contribution in [0, 0.1) is 5.92 Å². The van der Waals surface area contributed by atoms with E-state index in [0.29, 0.717) is 5.92 Å². The van der Waals surface area contributed by atoms with Crippen molar-refractivity contribution >= 4 is 17.3 Å². The largest absolute Gasteiger partial charge is 0.373 e. The minimum Gasteiger partial charge on any atom is -0.373 e. The van der Waals surface area contributed by atoms with Crippen LogP contribution in [-0.4, -0.2) is 23.6 Å². The summed E-state index contributed by atoms with van der Waals surface area (Å²) in [5.74, 6) is 3.38. The molecule has 1 aliphatic rings. The number of fused-ring (bicyclic) bond motifs is 1. The Bertz CT molecular complexity index is 616. The van der Waals surface area contributed by atoms with Gasteiger partial charge in [0.25, 0.3) is 0 Å². The molecule has 0 spiro atoms. The molecule has 1 atom stereocenters. The second kappa shape index (κ2) is 5.72. The predicted molar refractivity (Wildman–Crippen MR) is 87.3 cm³/mol. The quantitative estimate of drug-likeness (QED) is 0.936. The van der Waals surface area contributed by atoms with Crippen molar-refractivity contribution in [3.8, 4) is 0 Å². The van der Waals surface area contributed by atoms with Gasteiger partial charge in [0, 0.05) is 31.8 Å². The molecular weight excluding hydrogens is 260 g/mol. The van der Waals surface area contributed by atoms with E-state index < -0.39 is 0 Å². The summed E-state index contributed by atoms with van der Waals surface area (Å²) in [5.41, 5.74) is 2.68. The van der Waals surface area contributed by atoms with Gasteiger partial charge in [-0.15, -0.1) is 0 Å². The summed E-state index contributed by atoms with van der Waals surface area (Å²) < 4.78 is 0. The third-order valence-corrected chi connectivity index (χ3v) is 3.95. The second-order valence-electron chi connectivity index (χ2n) is 5.68. The Morgan fingerprint density at radius 3 is 2.86 bits per heavy atom. The molecule has 4 heteroatoms. The maximum Gasteiger partial charge on any atom is 0.138 e. The van der Waals surface area contributed by atoms with Crippen molar-refractivity contribution in [2.24, 2.45) is 5.92 Å². The standard InChI is InChI=1S/C17H22N4/c1-4-15-19-16(18-3)10-17(20-15)21-11-12(2)9-13-7-5-6-8-14(13)21/h5-8,10,12H,4,9,11H2,1-3H3,(H,18,19,20). The fourth-order valence-corrected chi connectivity index (χ4v) is 2.92. The molecule has 0 amide bonds. The van der Waals surface area contributed by atoms with Gasteiger partial charge in [-0.1, -0.05) is 32.0 Å². The number of rotatable bonds is 3. The molecule has 4 nitrogen and oxygen atoms in total. The Hall–Kier alpha value is -2.10. The van der Waals surface area contributed by atoms with E-state index in [4.69, 9.17) is 4.98 Å². The summed E-state index contributed by atoms with van der Waals surface area (Å²) in [6.07, 6.45) is 1.98. The molecule has 0 bridgehead atoms. The van der Waals surface area contributed by atoms with Crippen LogP contribution in [0.1, 0.15) is 25.2 Å². The molecule has 1 aliphatic heterocycles. The first-order valence-electron chi connectivity index (χ1n) is 7.62. The lowest BCUT2D eigenvalue weighted by atomic mass is 9.94. The summed E-state index contributed by atoms with van der Waals surface area (Å²) in [6, 6.07) is 10.7. The van der Waals surface area contributed by atoms with Crippen LogP contribution in [0.2, 0.25) is 0 Å². The molecule has 0 aliphatic carbocycles. The van der Waals surface area contributed by atoms with Gasteiger partial charge in [0.05, 0.1) is 0 Å². The average Bonchev–Trinajstić information content (AvgIpc) is 2.53. The number of hydrogen-bond donors (Lipinski definition) is 1. The van der Waals surface area contributed by atoms with Gasteiger partial charge in [0.1, 0.15) is 17.5 Å². The third-order valence-electron chi connectivity index (χ3n) is 3.95. The highest BCUT2D eigenvalue weighted by Gasteiger charge is 2.24. The molecular formula is C17H22N4. The van der Waals surface area contributed by atoms with Crippen molar-refractivity contribution in [2.75, 3.05) is 23.8 Å². The Morgan fingerprint density at radius 2 is 2.10 bits per heavy atom. The topological polar surface area (TPSA) is 41.1 Å². The van der Waals surface area contributed by atoms with Gasteiger partial charge in [-0.2, -0.15) is 0 Å². The number of nitrogens with one attached hydrogen (secondary N) is 1. The molecule has 1 unspecified atom stereocenters. The van der Waals surface area contributed by atoms with Gasteiger partial charge in [-0.25, -0.2) is 9.97 Å². The van der Waals surface area contributed by atoms with Gasteiger partial charge in [-0.3, -0.25) is 0 Å². The van der Waals surface area contributed by atoms with Crippen LogP contribution >= 0.6 is 0 Å². The van der Waals surface area contributed by atoms with Crippen LogP contribution in [0.25, 0.3) is 0 Å². The van der Waals surface area contributed by atoms with E-state index in [1.807, 2.05) is 13.1 Å². The SMILES string of the molecule is CCc1nc(NC)cc(N2CC(C)Cc3ccccc32)n1. The molecule has 0 fully saturated rings. The lowest BCUT2D eigenvalue weighted by molar-refractivity contribution is 0.559. The van der Waals surface area contributed by atoms with E-state index >= 15 is 0 Å². The van der Waals surface area contributed by atoms with E-state index in [9.17, 15) is 0 Å². The predicted octanol–water partition coefficient (Wildman–Crippen LogP) is 3.41. The Kier molecular flexibility index (Phi) is 3.78. The molecule has 0 saturated heterocycles. The zero-order valence-corrected chi connectivity index (χ0v) is 12.9. The summed E-state index contributed by atoms with van der Waals surface area (Å²) in [5, 5.41) is 3.14. The molecule has 21 heavy (non-hydrogen) atoms. The molecule has 1 N–H and O–H groups in total. The van der Waals surface area contributed by atoms with Crippen LogP contribution in [0.4, 0.5) is 17.3 Å². The van der Waals surface area contributed by atoms with Crippen LogP contribution in [0.15, 0.2) is 30.3 Å². The Morgan fingerprint density at radius 1 is 1.29 bits per heavy atom. The Labute approximate surface area is 126 Å². The lowest BCUT2D eigenvalue weighted by Crippen LogP contribution is -2.31. The average molecular weight is 282 g/mol. The zero-order chi connectivity index (χ0) is 14.8. The van der Waals surface area contributed by atoms with Crippen LogP contribution in [-0.2, 0) is 12.8 Å². The summed E-state index contributed by atoms with van der Waals surface area (Å²) in [4.78, 5) is 11.5. The number of benzene rings is 1. The molecule has 0 saturated carbocycles. The normalized spacial score (nSPS) is 17.5. The molecule has 3 rings (SSSR count). The first kappa shape index (κ1) is 13.9. The van der Waals surface area contributed by atoms with Crippen molar-refractivity contribution in [3.63, 3.8) is 0 Å². The number of hydrogen-bond acceptors (Lipinski definition) is 4. The van der Waals surface area contributed by atoms with Crippen molar-refractivity contribution in [2.45, 2.75) is 26.7 Å². The Balaban J connectivity index is 2.08. The highest BCUT2D eigenvalue weighted by atomic mass is 15.2. The van der Waals surface area contributed by atoms with Gasteiger partial charge >= 0.3 is 0 Å². The first-order chi connectivity index (χ1) is 10.2. The van der Waals surface area contributed by atoms with Crippen LogP contribution in [0.3, 0.4) is 0 Å². The molecule has 0 radical (unpaired) electrons. The third kappa shape index (κ3) is 2.71. The van der Waals surface area contributed by atoms with E-state index in [1.54, 1.807) is 0 Å². The lowest BCUT2D eigenvalue weighted by Gasteiger charge is -2.34. The maximum absolute atomic E-state index is 4.73. The first-order valence-corrected chi connectivity index (χ1v) is 7.62. The van der Waals surface area contributed by atoms with Gasteiger partial charge in [-0.05, 0) is 24.0 Å². The van der Waals surface area contributed by atoms with Gasteiger partial charge in [0.2, 0.25) is 0 Å². The monoisotopic (exact) mass is 282 g/mol. The number of aryl methyl sites for hydroxylation is 1. The van der Waals surface area contributed by atoms with Crippen LogP contribution in [0.5, 0.6) is 0 Å². The van der Waals surface area contributed by atoms with Crippen molar-refractivity contribution in [1.29, 1.82) is 0 Å². The second-order valence-corrected chi connectivity index (χ2v) is 5.68. The number of aromatic nitrogens is 2. The van der Waals surface area contributed by atoms with Crippen molar-refractivity contribution in [3.05, 3.63) is 41.7 Å². The van der Waals surface area contributed by atoms with Crippen molar-refractivity contribution < 1.29 is 0 Å². The highest BCUT2D eigenvalue weighted by molar-refractivity contribution is 5.67. The van der Waals surface area contributed by atoms with Gasteiger partial charge in [0.15, 0.2) is 0 Å². The fraction of sp³-hybridized carbons (Fsp3) is 0.412. The number of anilines is 3. The van der Waals surface area contributed by atoms with Crippen LogP contribution < -0.4 is 10.2 Å². The van der Waals surface area contributed by atoms with Crippen molar-refractivity contribution in [1.82, 2.24) is 9.97 Å². The zero-order valence-electron chi connectivity index (χ0n) is 12.9. The molecule has 1 aromatic heterocycles.